The summed E-state index contributed by atoms with van der Waals surface area (Å²) in [6, 6.07) is 19.8. The molecule has 0 fully saturated rings. The summed E-state index contributed by atoms with van der Waals surface area (Å²) < 4.78 is 13.7. The molecule has 9 heteroatoms. The van der Waals surface area contributed by atoms with Gasteiger partial charge in [0.2, 0.25) is 5.70 Å². The van der Waals surface area contributed by atoms with Gasteiger partial charge in [-0.15, -0.1) is 45.3 Å². The van der Waals surface area contributed by atoms with E-state index in [2.05, 4.69) is 77.2 Å². The Bertz CT molecular complexity index is 2330. The lowest BCUT2D eigenvalue weighted by atomic mass is 9.97. The zero-order valence-electron chi connectivity index (χ0n) is 23.6. The highest BCUT2D eigenvalue weighted by Crippen LogP contribution is 2.48. The van der Waals surface area contributed by atoms with Crippen LogP contribution in [0.25, 0.3) is 65.2 Å². The third-order valence-corrected chi connectivity index (χ3v) is 12.3. The first-order valence-electron chi connectivity index (χ1n) is 13.3. The van der Waals surface area contributed by atoms with Crippen LogP contribution >= 0.6 is 45.3 Å². The molecular weight excluding hydrogens is 609 g/mol. The zero-order valence-corrected chi connectivity index (χ0v) is 26.9. The SMILES string of the molecule is [C-]#[N+]C1=C(/C=C/c2cc3sc4cc5c(cc4c3s2)sc2cc(-c3ccc(N(C)C)cc3)sc25)C(C)(C)O/C1=C(\C#N)[N+]#[C-]. The lowest BCUT2D eigenvalue weighted by Crippen LogP contribution is -2.20. The van der Waals surface area contributed by atoms with Gasteiger partial charge >= 0.3 is 0 Å². The number of nitrogens with zero attached hydrogens (tertiary/aromatic N) is 4. The highest BCUT2D eigenvalue weighted by atomic mass is 32.1. The Labute approximate surface area is 264 Å². The van der Waals surface area contributed by atoms with Crippen molar-refractivity contribution in [1.82, 2.24) is 0 Å². The first-order chi connectivity index (χ1) is 20.7. The van der Waals surface area contributed by atoms with Gasteiger partial charge in [-0.2, -0.15) is 0 Å². The number of hydrogen-bond donors (Lipinski definition) is 0. The molecular formula is C34H22N4OS4. The minimum atomic E-state index is -0.812. The van der Waals surface area contributed by atoms with Crippen LogP contribution in [0.5, 0.6) is 0 Å². The Morgan fingerprint density at radius 3 is 2.14 bits per heavy atom. The summed E-state index contributed by atoms with van der Waals surface area (Å²) in [5.41, 5.74) is 2.34. The fourth-order valence-corrected chi connectivity index (χ4v) is 10.4. The van der Waals surface area contributed by atoms with E-state index in [1.807, 2.05) is 66.1 Å². The van der Waals surface area contributed by atoms with Gasteiger partial charge in [-0.3, -0.25) is 0 Å². The molecule has 208 valence electrons. The zero-order chi connectivity index (χ0) is 30.0. The minimum Gasteiger partial charge on any atom is -0.505 e. The molecule has 0 atom stereocenters. The van der Waals surface area contributed by atoms with E-state index in [1.165, 1.54) is 55.1 Å². The number of ether oxygens (including phenoxy) is 1. The highest BCUT2D eigenvalue weighted by Gasteiger charge is 2.38. The number of fused-ring (bicyclic) bond motifs is 6. The van der Waals surface area contributed by atoms with Crippen LogP contribution < -0.4 is 4.90 Å². The van der Waals surface area contributed by atoms with Crippen LogP contribution in [-0.4, -0.2) is 19.7 Å². The van der Waals surface area contributed by atoms with Crippen molar-refractivity contribution < 1.29 is 4.74 Å². The quantitative estimate of drug-likeness (QED) is 0.144. The second-order valence-corrected chi connectivity index (χ2v) is 15.2. The van der Waals surface area contributed by atoms with Gasteiger partial charge < -0.3 is 9.64 Å². The van der Waals surface area contributed by atoms with Gasteiger partial charge in [0, 0.05) is 64.7 Å². The standard InChI is InChI=1S/C34H22N4OS4/c1-34(2)23(30(37-4)31(39-34)24(17-35)36-3)12-11-20-13-28-32(40-20)21-14-27-22(15-26(21)41-28)33-29(42-27)16-25(43-33)18-7-9-19(10-8-18)38(5)6/h7-16H,1-2,5-6H3/b12-11+,31-24+. The van der Waals surface area contributed by atoms with Crippen molar-refractivity contribution >= 4 is 96.1 Å². The van der Waals surface area contributed by atoms with E-state index >= 15 is 0 Å². The van der Waals surface area contributed by atoms with Crippen LogP contribution in [0, 0.1) is 24.5 Å². The van der Waals surface area contributed by atoms with Gasteiger partial charge in [0.05, 0.1) is 28.6 Å². The molecule has 7 rings (SSSR count). The van der Waals surface area contributed by atoms with Crippen LogP contribution in [0.3, 0.4) is 0 Å². The van der Waals surface area contributed by atoms with E-state index in [-0.39, 0.29) is 17.2 Å². The smallest absolute Gasteiger partial charge is 0.292 e. The van der Waals surface area contributed by atoms with Crippen LogP contribution in [0.15, 0.2) is 77.3 Å². The highest BCUT2D eigenvalue weighted by molar-refractivity contribution is 7.35. The van der Waals surface area contributed by atoms with Crippen molar-refractivity contribution in [2.45, 2.75) is 19.4 Å². The van der Waals surface area contributed by atoms with Crippen LogP contribution in [0.1, 0.15) is 18.7 Å². The molecule has 0 radical (unpaired) electrons. The summed E-state index contributed by atoms with van der Waals surface area (Å²) in [5.74, 6) is 0.0736. The number of benzene rings is 2. The predicted octanol–water partition coefficient (Wildman–Crippen LogP) is 10.9. The third kappa shape index (κ3) is 4.43. The summed E-state index contributed by atoms with van der Waals surface area (Å²) >= 11 is 7.27. The topological polar surface area (TPSA) is 45.0 Å². The molecule has 43 heavy (non-hydrogen) atoms. The lowest BCUT2D eigenvalue weighted by molar-refractivity contribution is 0.0952. The normalized spacial score (nSPS) is 15.8. The van der Waals surface area contributed by atoms with Gasteiger partial charge in [0.25, 0.3) is 5.70 Å². The fourth-order valence-electron chi connectivity index (χ4n) is 5.37. The van der Waals surface area contributed by atoms with Gasteiger partial charge in [-0.05, 0) is 61.9 Å². The second-order valence-electron chi connectivity index (χ2n) is 10.9. The molecule has 2 aromatic carbocycles. The van der Waals surface area contributed by atoms with Crippen LogP contribution in [0.2, 0.25) is 0 Å². The number of rotatable bonds is 4. The van der Waals surface area contributed by atoms with Crippen molar-refractivity contribution in [3.8, 4) is 16.5 Å². The lowest BCUT2D eigenvalue weighted by Gasteiger charge is -2.21. The maximum absolute atomic E-state index is 9.34. The van der Waals surface area contributed by atoms with Crippen molar-refractivity contribution in [2.75, 3.05) is 19.0 Å². The molecule has 0 aliphatic carbocycles. The monoisotopic (exact) mass is 630 g/mol. The van der Waals surface area contributed by atoms with E-state index in [0.29, 0.717) is 5.57 Å². The third-order valence-electron chi connectivity index (χ3n) is 7.53. The first-order valence-corrected chi connectivity index (χ1v) is 16.6. The predicted molar refractivity (Wildman–Crippen MR) is 185 cm³/mol. The first kappa shape index (κ1) is 27.4. The van der Waals surface area contributed by atoms with Gasteiger partial charge in [-0.1, -0.05) is 18.2 Å². The molecule has 0 saturated heterocycles. The molecule has 5 nitrogen and oxygen atoms in total. The molecule has 0 unspecified atom stereocenters. The Kier molecular flexibility index (Phi) is 6.43. The summed E-state index contributed by atoms with van der Waals surface area (Å²) in [7, 11) is 4.12. The molecule has 0 saturated carbocycles. The fraction of sp³-hybridized carbons (Fsp3) is 0.147. The van der Waals surface area contributed by atoms with E-state index in [4.69, 9.17) is 17.9 Å². The van der Waals surface area contributed by atoms with Crippen LogP contribution in [-0.2, 0) is 4.74 Å². The number of allylic oxidation sites excluding steroid dienone is 1. The maximum atomic E-state index is 9.34. The Hall–Kier alpha value is -4.43. The van der Waals surface area contributed by atoms with Gasteiger partial charge in [0.15, 0.2) is 0 Å². The van der Waals surface area contributed by atoms with Crippen molar-refractivity contribution in [1.29, 1.82) is 5.26 Å². The van der Waals surface area contributed by atoms with E-state index in [0.717, 1.165) is 4.88 Å². The molecule has 6 aromatic rings. The summed E-state index contributed by atoms with van der Waals surface area (Å²) in [6.45, 7) is 18.7. The van der Waals surface area contributed by atoms with Crippen LogP contribution in [0.4, 0.5) is 5.69 Å². The molecule has 0 amide bonds. The van der Waals surface area contributed by atoms with E-state index < -0.39 is 5.60 Å². The van der Waals surface area contributed by atoms with E-state index in [1.54, 1.807) is 11.3 Å². The molecule has 0 spiro atoms. The average molecular weight is 631 g/mol. The van der Waals surface area contributed by atoms with E-state index in [9.17, 15) is 5.26 Å². The molecule has 0 N–H and O–H groups in total. The van der Waals surface area contributed by atoms with Gasteiger partial charge in [0.1, 0.15) is 11.4 Å². The molecule has 1 aliphatic rings. The van der Waals surface area contributed by atoms with Crippen molar-refractivity contribution in [3.63, 3.8) is 0 Å². The molecule has 5 heterocycles. The molecule has 4 aromatic heterocycles. The largest absolute Gasteiger partial charge is 0.505 e. The Balaban J connectivity index is 1.25. The second kappa shape index (κ2) is 10.1. The summed E-state index contributed by atoms with van der Waals surface area (Å²) in [6.07, 6.45) is 3.90. The van der Waals surface area contributed by atoms with Crippen molar-refractivity contribution in [3.05, 3.63) is 105 Å². The Morgan fingerprint density at radius 1 is 0.884 bits per heavy atom. The summed E-state index contributed by atoms with van der Waals surface area (Å²) in [5, 5.41) is 11.9. The van der Waals surface area contributed by atoms with Gasteiger partial charge in [-0.25, -0.2) is 15.0 Å². The summed E-state index contributed by atoms with van der Waals surface area (Å²) in [4.78, 5) is 11.4. The number of hydrogen-bond acceptors (Lipinski definition) is 7. The average Bonchev–Trinajstić information content (AvgIpc) is 3.77. The molecule has 0 bridgehead atoms. The number of nitriles is 1. The maximum Gasteiger partial charge on any atom is 0.292 e. The van der Waals surface area contributed by atoms with Crippen molar-refractivity contribution in [2.24, 2.45) is 0 Å². The Morgan fingerprint density at radius 2 is 1.53 bits per heavy atom. The molecule has 1 aliphatic heterocycles. The minimum absolute atomic E-state index is 0.0736. The number of thiophene rings is 4. The number of anilines is 1.